The first kappa shape index (κ1) is 21.0. The molecule has 1 aromatic carbocycles. The number of rotatable bonds is 9. The van der Waals surface area contributed by atoms with Crippen LogP contribution in [-0.2, 0) is 23.1 Å². The van der Waals surface area contributed by atoms with Crippen LogP contribution in [0.2, 0.25) is 0 Å². The number of nitrogens with zero attached hydrogens (tertiary/aromatic N) is 4. The lowest BCUT2D eigenvalue weighted by atomic mass is 10.2. The molecule has 10 heteroatoms. The second-order valence-electron chi connectivity index (χ2n) is 6.64. The van der Waals surface area contributed by atoms with Crippen molar-refractivity contribution < 1.29 is 19.1 Å². The molecule has 1 aliphatic heterocycles. The number of amides is 2. The van der Waals surface area contributed by atoms with Gasteiger partial charge in [-0.2, -0.15) is 0 Å². The number of ether oxygens (including phenoxy) is 2. The summed E-state index contributed by atoms with van der Waals surface area (Å²) in [7, 11) is 1.81. The van der Waals surface area contributed by atoms with E-state index in [1.54, 1.807) is 9.47 Å². The van der Waals surface area contributed by atoms with Gasteiger partial charge in [0.2, 0.25) is 11.8 Å². The number of fused-ring (bicyclic) bond motifs is 1. The Hall–Kier alpha value is -2.75. The Labute approximate surface area is 173 Å². The summed E-state index contributed by atoms with van der Waals surface area (Å²) in [6.45, 7) is 3.36. The lowest BCUT2D eigenvalue weighted by Crippen LogP contribution is -2.44. The first-order valence-electron chi connectivity index (χ1n) is 9.43. The quantitative estimate of drug-likeness (QED) is 0.604. The maximum absolute atomic E-state index is 12.7. The van der Waals surface area contributed by atoms with E-state index in [1.165, 1.54) is 11.8 Å². The number of aryl methyl sites for hydroxylation is 1. The second-order valence-corrected chi connectivity index (χ2v) is 7.59. The first-order valence-corrected chi connectivity index (χ1v) is 10.4. The minimum absolute atomic E-state index is 0.0124. The zero-order valence-electron chi connectivity index (χ0n) is 16.5. The molecule has 1 aliphatic rings. The molecule has 9 nitrogen and oxygen atoms in total. The summed E-state index contributed by atoms with van der Waals surface area (Å²) in [4.78, 5) is 25.4. The van der Waals surface area contributed by atoms with E-state index in [9.17, 15) is 9.59 Å². The molecule has 2 heterocycles. The summed E-state index contributed by atoms with van der Waals surface area (Å²) in [6, 6.07) is 7.51. The third-order valence-corrected chi connectivity index (χ3v) is 5.58. The van der Waals surface area contributed by atoms with Gasteiger partial charge in [-0.25, -0.2) is 0 Å². The van der Waals surface area contributed by atoms with Crippen LogP contribution in [0.4, 0.5) is 0 Å². The van der Waals surface area contributed by atoms with Crippen molar-refractivity contribution in [1.82, 2.24) is 19.7 Å². The Morgan fingerprint density at radius 2 is 2.07 bits per heavy atom. The van der Waals surface area contributed by atoms with Crippen LogP contribution < -0.4 is 15.2 Å². The van der Waals surface area contributed by atoms with Crippen molar-refractivity contribution >= 4 is 23.6 Å². The summed E-state index contributed by atoms with van der Waals surface area (Å²) in [5, 5.41) is 8.79. The first-order chi connectivity index (χ1) is 14.0. The summed E-state index contributed by atoms with van der Waals surface area (Å²) < 4.78 is 13.5. The highest BCUT2D eigenvalue weighted by Crippen LogP contribution is 2.31. The second kappa shape index (κ2) is 9.64. The minimum Gasteiger partial charge on any atom is -0.486 e. The Balaban J connectivity index is 1.52. The fourth-order valence-corrected chi connectivity index (χ4v) is 3.78. The third-order valence-electron chi connectivity index (χ3n) is 4.57. The van der Waals surface area contributed by atoms with Crippen LogP contribution in [0.15, 0.2) is 29.4 Å². The molecule has 0 saturated heterocycles. The largest absolute Gasteiger partial charge is 0.486 e. The van der Waals surface area contributed by atoms with Crippen LogP contribution in [0.1, 0.15) is 19.2 Å². The van der Waals surface area contributed by atoms with Gasteiger partial charge in [-0.15, -0.1) is 10.2 Å². The van der Waals surface area contributed by atoms with Crippen molar-refractivity contribution in [3.8, 4) is 11.5 Å². The summed E-state index contributed by atoms with van der Waals surface area (Å²) in [5.41, 5.74) is 5.18. The lowest BCUT2D eigenvalue weighted by Gasteiger charge is -2.30. The van der Waals surface area contributed by atoms with Crippen molar-refractivity contribution in [1.29, 1.82) is 0 Å². The molecule has 0 spiro atoms. The zero-order valence-corrected chi connectivity index (χ0v) is 17.4. The maximum atomic E-state index is 12.7. The molecular formula is C19H25N5O4S. The standard InChI is InChI=1S/C19H25N5O4S/c1-3-24(10-13-11-27-14-6-4-5-7-15(14)28-13)18(26)12-29-19-22-21-17(23(19)2)9-8-16(20)25/h4-7,13H,3,8-12H2,1-2H3,(H2,20,25)/t13-/m0/s1. The van der Waals surface area contributed by atoms with Gasteiger partial charge < -0.3 is 24.7 Å². The summed E-state index contributed by atoms with van der Waals surface area (Å²) in [5.74, 6) is 1.93. The number of para-hydroxylation sites is 2. The van der Waals surface area contributed by atoms with Crippen molar-refractivity contribution in [3.05, 3.63) is 30.1 Å². The molecule has 0 aliphatic carbocycles. The van der Waals surface area contributed by atoms with Gasteiger partial charge in [0.1, 0.15) is 12.4 Å². The molecule has 0 unspecified atom stereocenters. The van der Waals surface area contributed by atoms with E-state index in [-0.39, 0.29) is 30.1 Å². The van der Waals surface area contributed by atoms with Gasteiger partial charge in [-0.3, -0.25) is 9.59 Å². The number of thioether (sulfide) groups is 1. The number of hydrogen-bond acceptors (Lipinski definition) is 7. The number of nitrogens with two attached hydrogens (primary N) is 1. The van der Waals surface area contributed by atoms with Gasteiger partial charge in [0.25, 0.3) is 0 Å². The van der Waals surface area contributed by atoms with Crippen LogP contribution in [0.3, 0.4) is 0 Å². The molecule has 3 rings (SSSR count). The van der Waals surface area contributed by atoms with Crippen molar-refractivity contribution in [2.24, 2.45) is 12.8 Å². The minimum atomic E-state index is -0.382. The average molecular weight is 420 g/mol. The van der Waals surface area contributed by atoms with Gasteiger partial charge in [0.05, 0.1) is 12.3 Å². The van der Waals surface area contributed by atoms with Crippen LogP contribution in [0, 0.1) is 0 Å². The summed E-state index contributed by atoms with van der Waals surface area (Å²) in [6.07, 6.45) is 0.426. The number of likely N-dealkylation sites (N-methyl/N-ethyl adjacent to an activating group) is 1. The maximum Gasteiger partial charge on any atom is 0.233 e. The lowest BCUT2D eigenvalue weighted by molar-refractivity contribution is -0.129. The predicted octanol–water partition coefficient (Wildman–Crippen LogP) is 1.01. The fourth-order valence-electron chi connectivity index (χ4n) is 2.95. The molecule has 156 valence electrons. The normalized spacial score (nSPS) is 15.2. The van der Waals surface area contributed by atoms with Crippen LogP contribution in [-0.4, -0.2) is 63.0 Å². The number of primary amides is 1. The van der Waals surface area contributed by atoms with Crippen LogP contribution in [0.5, 0.6) is 11.5 Å². The van der Waals surface area contributed by atoms with Crippen molar-refractivity contribution in [2.75, 3.05) is 25.4 Å². The average Bonchev–Trinajstić information content (AvgIpc) is 3.08. The van der Waals surface area contributed by atoms with E-state index < -0.39 is 0 Å². The van der Waals surface area contributed by atoms with E-state index in [0.29, 0.717) is 42.8 Å². The Morgan fingerprint density at radius 3 is 2.79 bits per heavy atom. The Bertz CT molecular complexity index is 872. The van der Waals surface area contributed by atoms with Gasteiger partial charge >= 0.3 is 0 Å². The van der Waals surface area contributed by atoms with E-state index in [1.807, 2.05) is 38.2 Å². The highest BCUT2D eigenvalue weighted by Gasteiger charge is 2.25. The van der Waals surface area contributed by atoms with Gasteiger partial charge in [-0.05, 0) is 19.1 Å². The Kier molecular flexibility index (Phi) is 6.97. The smallest absolute Gasteiger partial charge is 0.233 e. The molecule has 2 N–H and O–H groups in total. The van der Waals surface area contributed by atoms with E-state index in [4.69, 9.17) is 15.2 Å². The molecule has 1 atom stereocenters. The van der Waals surface area contributed by atoms with Crippen LogP contribution in [0.25, 0.3) is 0 Å². The molecule has 0 bridgehead atoms. The molecule has 29 heavy (non-hydrogen) atoms. The highest BCUT2D eigenvalue weighted by atomic mass is 32.2. The van der Waals surface area contributed by atoms with E-state index in [2.05, 4.69) is 10.2 Å². The fraction of sp³-hybridized carbons (Fsp3) is 0.474. The van der Waals surface area contributed by atoms with E-state index in [0.717, 1.165) is 5.75 Å². The number of benzene rings is 1. The molecular weight excluding hydrogens is 394 g/mol. The number of hydrogen-bond donors (Lipinski definition) is 1. The number of carbonyl (C=O) groups excluding carboxylic acids is 2. The SMILES string of the molecule is CCN(C[C@H]1COc2ccccc2O1)C(=O)CSc1nnc(CCC(N)=O)n1C. The number of aromatic nitrogens is 3. The number of carbonyl (C=O) groups is 2. The van der Waals surface area contributed by atoms with Gasteiger partial charge in [0, 0.05) is 26.4 Å². The van der Waals surface area contributed by atoms with Crippen molar-refractivity contribution in [3.63, 3.8) is 0 Å². The third kappa shape index (κ3) is 5.41. The molecule has 2 amide bonds. The summed E-state index contributed by atoms with van der Waals surface area (Å²) >= 11 is 1.31. The monoisotopic (exact) mass is 419 g/mol. The molecule has 0 fully saturated rings. The molecule has 0 saturated carbocycles. The van der Waals surface area contributed by atoms with E-state index >= 15 is 0 Å². The topological polar surface area (TPSA) is 113 Å². The van der Waals surface area contributed by atoms with Crippen molar-refractivity contribution in [2.45, 2.75) is 31.0 Å². The molecule has 1 aromatic heterocycles. The highest BCUT2D eigenvalue weighted by molar-refractivity contribution is 7.99. The van der Waals surface area contributed by atoms with Gasteiger partial charge in [-0.1, -0.05) is 23.9 Å². The zero-order chi connectivity index (χ0) is 20.8. The Morgan fingerprint density at radius 1 is 1.31 bits per heavy atom. The van der Waals surface area contributed by atoms with Crippen LogP contribution >= 0.6 is 11.8 Å². The molecule has 2 aromatic rings. The molecule has 0 radical (unpaired) electrons. The predicted molar refractivity (Wildman–Crippen MR) is 108 cm³/mol. The van der Waals surface area contributed by atoms with Gasteiger partial charge in [0.15, 0.2) is 22.8 Å².